The van der Waals surface area contributed by atoms with Gasteiger partial charge in [0.1, 0.15) is 36.1 Å². The Hall–Kier alpha value is -4.97. The predicted molar refractivity (Wildman–Crippen MR) is 172 cm³/mol. The Balaban J connectivity index is 1.25. The van der Waals surface area contributed by atoms with Crippen LogP contribution < -0.4 is 19.1 Å². The number of hydrogen-bond acceptors (Lipinski definition) is 5. The first-order valence-corrected chi connectivity index (χ1v) is 14.4. The number of carbonyl (C=O) groups is 1. The van der Waals surface area contributed by atoms with Crippen LogP contribution in [0.3, 0.4) is 0 Å². The number of anilines is 1. The van der Waals surface area contributed by atoms with Crippen LogP contribution in [0, 0.1) is 0 Å². The SMILES string of the molecule is COc1ccc(CN(C(=O)OCc2ccc(OC/C3=C/C=C\C=C/C=C\C3)cc2)c2ccc3c(c2)C=CC(C)(C)O3)cc1. The highest BCUT2D eigenvalue weighted by atomic mass is 16.6. The third-order valence-electron chi connectivity index (χ3n) is 7.06. The van der Waals surface area contributed by atoms with Crippen molar-refractivity contribution < 1.29 is 23.7 Å². The van der Waals surface area contributed by atoms with E-state index in [0.717, 1.165) is 46.0 Å². The van der Waals surface area contributed by atoms with Gasteiger partial charge in [0.2, 0.25) is 0 Å². The van der Waals surface area contributed by atoms with Crippen LogP contribution in [0.4, 0.5) is 10.5 Å². The van der Waals surface area contributed by atoms with Crippen molar-refractivity contribution in [2.75, 3.05) is 18.6 Å². The third kappa shape index (κ3) is 8.29. The fourth-order valence-corrected chi connectivity index (χ4v) is 4.65. The number of amides is 1. The fraction of sp³-hybridized carbons (Fsp3) is 0.216. The van der Waals surface area contributed by atoms with Crippen molar-refractivity contribution in [3.05, 3.63) is 138 Å². The maximum Gasteiger partial charge on any atom is 0.414 e. The molecule has 3 aromatic rings. The van der Waals surface area contributed by atoms with Gasteiger partial charge in [-0.2, -0.15) is 0 Å². The number of fused-ring (bicyclic) bond motifs is 1. The zero-order valence-corrected chi connectivity index (χ0v) is 24.9. The van der Waals surface area contributed by atoms with E-state index in [2.05, 4.69) is 12.2 Å². The first-order chi connectivity index (χ1) is 20.9. The summed E-state index contributed by atoms with van der Waals surface area (Å²) in [7, 11) is 1.63. The molecule has 43 heavy (non-hydrogen) atoms. The van der Waals surface area contributed by atoms with Gasteiger partial charge in [0.15, 0.2) is 0 Å². The molecule has 0 saturated heterocycles. The van der Waals surface area contributed by atoms with Crippen LogP contribution in [0.1, 0.15) is 37.0 Å². The van der Waals surface area contributed by atoms with Crippen LogP contribution in [-0.4, -0.2) is 25.4 Å². The molecule has 0 saturated carbocycles. The summed E-state index contributed by atoms with van der Waals surface area (Å²) in [5.74, 6) is 2.30. The van der Waals surface area contributed by atoms with Crippen molar-refractivity contribution in [3.8, 4) is 17.2 Å². The van der Waals surface area contributed by atoms with Crippen LogP contribution in [0.25, 0.3) is 6.08 Å². The first-order valence-electron chi connectivity index (χ1n) is 14.4. The Bertz CT molecular complexity index is 1560. The van der Waals surface area contributed by atoms with Gasteiger partial charge in [-0.15, -0.1) is 0 Å². The molecule has 1 aliphatic heterocycles. The Labute approximate surface area is 253 Å². The Morgan fingerprint density at radius 1 is 0.860 bits per heavy atom. The van der Waals surface area contributed by atoms with Crippen molar-refractivity contribution in [2.24, 2.45) is 0 Å². The molecule has 0 bridgehead atoms. The van der Waals surface area contributed by atoms with Crippen LogP contribution >= 0.6 is 0 Å². The molecule has 2 aliphatic rings. The van der Waals surface area contributed by atoms with Crippen molar-refractivity contribution in [3.63, 3.8) is 0 Å². The van der Waals surface area contributed by atoms with Gasteiger partial charge in [-0.3, -0.25) is 4.90 Å². The molecule has 6 nitrogen and oxygen atoms in total. The normalized spacial score (nSPS) is 18.3. The minimum absolute atomic E-state index is 0.133. The zero-order chi connectivity index (χ0) is 30.1. The molecule has 0 N–H and O–H groups in total. The van der Waals surface area contributed by atoms with Crippen molar-refractivity contribution >= 4 is 17.9 Å². The van der Waals surface area contributed by atoms with Gasteiger partial charge in [-0.25, -0.2) is 4.79 Å². The molecule has 0 radical (unpaired) electrons. The van der Waals surface area contributed by atoms with Crippen LogP contribution in [0.2, 0.25) is 0 Å². The van der Waals surface area contributed by atoms with Gasteiger partial charge in [0.25, 0.3) is 0 Å². The summed E-state index contributed by atoms with van der Waals surface area (Å²) >= 11 is 0. The molecule has 0 fully saturated rings. The summed E-state index contributed by atoms with van der Waals surface area (Å²) in [5.41, 5.74) is 4.24. The molecule has 1 heterocycles. The molecule has 3 aromatic carbocycles. The fourth-order valence-electron chi connectivity index (χ4n) is 4.65. The topological polar surface area (TPSA) is 57.2 Å². The third-order valence-corrected chi connectivity index (χ3v) is 7.06. The van der Waals surface area contributed by atoms with E-state index in [0.29, 0.717) is 13.2 Å². The highest BCUT2D eigenvalue weighted by Crippen LogP contribution is 2.34. The standard InChI is InChI=1S/C37H37NO5/c1-37(2)23-22-31-24-32(16-21-35(31)43-37)38(25-28-12-17-33(40-3)18-13-28)36(39)42-27-30-14-19-34(20-15-30)41-26-29-10-8-6-4-5-7-9-11-29/h4-10,12-24H,11,25-27H2,1-3H3/b5-4-,8-6-,9-7-,29-10+. The number of nitrogens with zero attached hydrogens (tertiary/aromatic N) is 1. The summed E-state index contributed by atoms with van der Waals surface area (Å²) in [6.45, 7) is 4.99. The molecule has 0 unspecified atom stereocenters. The molecular formula is C37H37NO5. The zero-order valence-electron chi connectivity index (χ0n) is 24.9. The Kier molecular flexibility index (Phi) is 9.47. The van der Waals surface area contributed by atoms with Crippen LogP contribution in [0.15, 0.2) is 121 Å². The molecule has 220 valence electrons. The Morgan fingerprint density at radius 2 is 1.58 bits per heavy atom. The largest absolute Gasteiger partial charge is 0.497 e. The second kappa shape index (κ2) is 13.8. The van der Waals surface area contributed by atoms with E-state index in [-0.39, 0.29) is 12.2 Å². The van der Waals surface area contributed by atoms with Crippen LogP contribution in [0.5, 0.6) is 17.2 Å². The van der Waals surface area contributed by atoms with E-state index >= 15 is 0 Å². The van der Waals surface area contributed by atoms with Crippen molar-refractivity contribution in [1.29, 1.82) is 0 Å². The molecule has 1 aliphatic carbocycles. The molecule has 0 aromatic heterocycles. The number of hydrogen-bond donors (Lipinski definition) is 0. The van der Waals surface area contributed by atoms with Crippen molar-refractivity contribution in [2.45, 2.75) is 39.0 Å². The second-order valence-corrected chi connectivity index (χ2v) is 10.9. The molecule has 5 rings (SSSR count). The van der Waals surface area contributed by atoms with E-state index in [9.17, 15) is 4.79 Å². The van der Waals surface area contributed by atoms with Gasteiger partial charge in [-0.05, 0) is 85.5 Å². The minimum Gasteiger partial charge on any atom is -0.497 e. The van der Waals surface area contributed by atoms with E-state index in [1.165, 1.54) is 5.57 Å². The van der Waals surface area contributed by atoms with E-state index < -0.39 is 6.09 Å². The molecule has 6 heteroatoms. The van der Waals surface area contributed by atoms with Crippen molar-refractivity contribution in [1.82, 2.24) is 0 Å². The number of ether oxygens (including phenoxy) is 4. The van der Waals surface area contributed by atoms with Crippen LogP contribution in [-0.2, 0) is 17.9 Å². The van der Waals surface area contributed by atoms with Gasteiger partial charge in [-0.1, -0.05) is 72.9 Å². The second-order valence-electron chi connectivity index (χ2n) is 10.9. The maximum absolute atomic E-state index is 13.5. The molecule has 0 spiro atoms. The monoisotopic (exact) mass is 575 g/mol. The predicted octanol–water partition coefficient (Wildman–Crippen LogP) is 8.60. The molecule has 0 atom stereocenters. The Morgan fingerprint density at radius 3 is 2.37 bits per heavy atom. The maximum atomic E-state index is 13.5. The number of benzene rings is 3. The summed E-state index contributed by atoms with van der Waals surface area (Å²) in [4.78, 5) is 15.2. The summed E-state index contributed by atoms with van der Waals surface area (Å²) in [6, 6.07) is 21.0. The number of allylic oxidation sites excluding steroid dienone is 7. The lowest BCUT2D eigenvalue weighted by atomic mass is 10.0. The highest BCUT2D eigenvalue weighted by Gasteiger charge is 2.24. The summed E-state index contributed by atoms with van der Waals surface area (Å²) in [5, 5.41) is 0. The minimum atomic E-state index is -0.445. The van der Waals surface area contributed by atoms with E-state index in [4.69, 9.17) is 18.9 Å². The van der Waals surface area contributed by atoms with Gasteiger partial charge in [0.05, 0.1) is 13.7 Å². The summed E-state index contributed by atoms with van der Waals surface area (Å²) in [6.07, 6.45) is 18.7. The van der Waals surface area contributed by atoms with E-state index in [1.54, 1.807) is 12.0 Å². The lowest BCUT2D eigenvalue weighted by Gasteiger charge is -2.29. The average Bonchev–Trinajstić information content (AvgIpc) is 3.16. The number of rotatable bonds is 9. The first kappa shape index (κ1) is 29.5. The quantitative estimate of drug-likeness (QED) is 0.256. The van der Waals surface area contributed by atoms with Gasteiger partial charge in [0, 0.05) is 11.3 Å². The number of carbonyl (C=O) groups excluding carboxylic acids is 1. The molecular weight excluding hydrogens is 538 g/mol. The van der Waals surface area contributed by atoms with Gasteiger partial charge >= 0.3 is 6.09 Å². The molecule has 1 amide bonds. The van der Waals surface area contributed by atoms with E-state index in [1.807, 2.05) is 123 Å². The highest BCUT2D eigenvalue weighted by molar-refractivity contribution is 5.88. The lowest BCUT2D eigenvalue weighted by Crippen LogP contribution is -2.31. The number of methoxy groups -OCH3 is 1. The van der Waals surface area contributed by atoms with Gasteiger partial charge < -0.3 is 18.9 Å². The smallest absolute Gasteiger partial charge is 0.414 e. The lowest BCUT2D eigenvalue weighted by molar-refractivity contribution is 0.146. The summed E-state index contributed by atoms with van der Waals surface area (Å²) < 4.78 is 23.2. The average molecular weight is 576 g/mol.